The summed E-state index contributed by atoms with van der Waals surface area (Å²) in [5.41, 5.74) is -0.169. The van der Waals surface area contributed by atoms with E-state index < -0.39 is 10.7 Å². The summed E-state index contributed by atoms with van der Waals surface area (Å²) < 4.78 is 0. The summed E-state index contributed by atoms with van der Waals surface area (Å²) in [6.07, 6.45) is 0.660. The molecule has 0 fully saturated rings. The summed E-state index contributed by atoms with van der Waals surface area (Å²) in [6.45, 7) is 0. The van der Waals surface area contributed by atoms with Crippen molar-refractivity contribution in [3.05, 3.63) is 38.9 Å². The average molecular weight is 229 g/mol. The number of non-ortho nitro benzene ring substituents is 1. The van der Waals surface area contributed by atoms with E-state index in [1.165, 1.54) is 6.07 Å². The van der Waals surface area contributed by atoms with Crippen LogP contribution in [0.15, 0.2) is 23.4 Å². The smallest absolute Gasteiger partial charge is 0.270 e. The number of ketones is 1. The Morgan fingerprint density at radius 3 is 2.73 bits per heavy atom. The first-order valence-corrected chi connectivity index (χ1v) is 4.09. The molecule has 0 saturated heterocycles. The molecule has 1 aromatic rings. The minimum absolute atomic E-state index is 0.0417. The number of nitrogens with zero attached hydrogens (tertiary/aromatic N) is 2. The molecule has 0 atom stereocenters. The first-order valence-electron chi connectivity index (χ1n) is 3.72. The number of oxime groups is 1. The average Bonchev–Trinajstić information content (AvgIpc) is 2.17. The Balaban J connectivity index is 3.13. The van der Waals surface area contributed by atoms with Crippen molar-refractivity contribution in [2.24, 2.45) is 5.16 Å². The minimum Gasteiger partial charge on any atom is -0.411 e. The molecule has 1 rings (SSSR count). The van der Waals surface area contributed by atoms with E-state index in [1.54, 1.807) is 0 Å². The molecule has 0 aliphatic rings. The highest BCUT2D eigenvalue weighted by Gasteiger charge is 2.13. The monoisotopic (exact) mass is 228 g/mol. The quantitative estimate of drug-likeness (QED) is 0.281. The summed E-state index contributed by atoms with van der Waals surface area (Å²) in [4.78, 5) is 20.9. The predicted molar refractivity (Wildman–Crippen MR) is 52.7 cm³/mol. The molecule has 15 heavy (non-hydrogen) atoms. The van der Waals surface area contributed by atoms with E-state index in [9.17, 15) is 14.9 Å². The highest BCUT2D eigenvalue weighted by molar-refractivity contribution is 6.42. The maximum atomic E-state index is 11.2. The van der Waals surface area contributed by atoms with Gasteiger partial charge < -0.3 is 5.21 Å². The molecule has 0 saturated carbocycles. The van der Waals surface area contributed by atoms with E-state index in [1.807, 2.05) is 0 Å². The van der Waals surface area contributed by atoms with Crippen LogP contribution in [0, 0.1) is 10.1 Å². The van der Waals surface area contributed by atoms with Crippen molar-refractivity contribution in [3.63, 3.8) is 0 Å². The molecule has 0 aliphatic carbocycles. The normalized spacial score (nSPS) is 10.5. The van der Waals surface area contributed by atoms with Crippen molar-refractivity contribution in [2.45, 2.75) is 0 Å². The number of rotatable bonds is 3. The van der Waals surface area contributed by atoms with Crippen molar-refractivity contribution < 1.29 is 14.9 Å². The van der Waals surface area contributed by atoms with Gasteiger partial charge in [-0.25, -0.2) is 0 Å². The van der Waals surface area contributed by atoms with E-state index in [4.69, 9.17) is 16.8 Å². The second-order valence-corrected chi connectivity index (χ2v) is 2.94. The number of carbonyl (C=O) groups is 1. The molecule has 1 N–H and O–H groups in total. The van der Waals surface area contributed by atoms with Crippen molar-refractivity contribution in [3.8, 4) is 0 Å². The van der Waals surface area contributed by atoms with Crippen molar-refractivity contribution in [1.82, 2.24) is 0 Å². The minimum atomic E-state index is -0.627. The molecule has 0 amide bonds. The topological polar surface area (TPSA) is 92.8 Å². The zero-order chi connectivity index (χ0) is 11.4. The van der Waals surface area contributed by atoms with Gasteiger partial charge in [0.15, 0.2) is 0 Å². The third-order valence-electron chi connectivity index (χ3n) is 1.60. The highest BCUT2D eigenvalue weighted by Crippen LogP contribution is 2.22. The number of benzene rings is 1. The first kappa shape index (κ1) is 11.1. The van der Waals surface area contributed by atoms with Gasteiger partial charge in [0.05, 0.1) is 9.95 Å². The van der Waals surface area contributed by atoms with Crippen LogP contribution in [0.25, 0.3) is 0 Å². The van der Waals surface area contributed by atoms with E-state index in [2.05, 4.69) is 5.16 Å². The number of carbonyl (C=O) groups excluding carboxylic acids is 1. The first-order chi connectivity index (χ1) is 7.06. The van der Waals surface area contributed by atoms with Gasteiger partial charge in [-0.1, -0.05) is 16.8 Å². The zero-order valence-corrected chi connectivity index (χ0v) is 8.01. The van der Waals surface area contributed by atoms with Gasteiger partial charge in [0.25, 0.3) is 5.69 Å². The molecule has 1 aromatic carbocycles. The third kappa shape index (κ3) is 2.50. The van der Waals surface area contributed by atoms with Crippen LogP contribution in [-0.4, -0.2) is 22.1 Å². The Morgan fingerprint density at radius 1 is 1.60 bits per heavy atom. The van der Waals surface area contributed by atoms with Crippen LogP contribution in [0.4, 0.5) is 5.69 Å². The van der Waals surface area contributed by atoms with E-state index >= 15 is 0 Å². The standard InChI is InChI=1S/C8H5ClN2O4/c9-7-3-5(11(14)15)1-2-6(7)8(12)4-10-13/h1-4,13H. The van der Waals surface area contributed by atoms with Gasteiger partial charge in [0.2, 0.25) is 5.78 Å². The van der Waals surface area contributed by atoms with Gasteiger partial charge in [0.1, 0.15) is 6.21 Å². The molecular weight excluding hydrogens is 224 g/mol. The lowest BCUT2D eigenvalue weighted by molar-refractivity contribution is -0.384. The van der Waals surface area contributed by atoms with Crippen molar-refractivity contribution >= 4 is 29.3 Å². The van der Waals surface area contributed by atoms with Gasteiger partial charge in [-0.15, -0.1) is 0 Å². The molecule has 0 unspecified atom stereocenters. The molecule has 0 radical (unpaired) electrons. The van der Waals surface area contributed by atoms with Crippen LogP contribution in [0.1, 0.15) is 10.4 Å². The van der Waals surface area contributed by atoms with Crippen LogP contribution < -0.4 is 0 Å². The van der Waals surface area contributed by atoms with Crippen LogP contribution in [0.5, 0.6) is 0 Å². The van der Waals surface area contributed by atoms with Gasteiger partial charge >= 0.3 is 0 Å². The van der Waals surface area contributed by atoms with Gasteiger partial charge in [-0.05, 0) is 6.07 Å². The van der Waals surface area contributed by atoms with Crippen molar-refractivity contribution in [1.29, 1.82) is 0 Å². The number of nitro benzene ring substituents is 1. The van der Waals surface area contributed by atoms with E-state index in [-0.39, 0.29) is 16.3 Å². The Morgan fingerprint density at radius 2 is 2.27 bits per heavy atom. The molecular formula is C8H5ClN2O4. The summed E-state index contributed by atoms with van der Waals surface area (Å²) in [7, 11) is 0. The number of hydrogen-bond donors (Lipinski definition) is 1. The summed E-state index contributed by atoms with van der Waals surface area (Å²) in [6, 6.07) is 3.40. The second-order valence-electron chi connectivity index (χ2n) is 2.53. The van der Waals surface area contributed by atoms with Crippen molar-refractivity contribution in [2.75, 3.05) is 0 Å². The van der Waals surface area contributed by atoms with Crippen LogP contribution in [-0.2, 0) is 0 Å². The maximum Gasteiger partial charge on any atom is 0.270 e. The molecule has 78 valence electrons. The lowest BCUT2D eigenvalue weighted by atomic mass is 10.1. The zero-order valence-electron chi connectivity index (χ0n) is 7.25. The molecule has 0 aliphatic heterocycles. The molecule has 6 nitrogen and oxygen atoms in total. The van der Waals surface area contributed by atoms with Crippen LogP contribution in [0.3, 0.4) is 0 Å². The van der Waals surface area contributed by atoms with E-state index in [0.717, 1.165) is 12.1 Å². The van der Waals surface area contributed by atoms with Gasteiger partial charge in [0, 0.05) is 17.7 Å². The lowest BCUT2D eigenvalue weighted by Crippen LogP contribution is -2.01. The number of halogens is 1. The summed E-state index contributed by atoms with van der Waals surface area (Å²) in [5.74, 6) is -0.627. The van der Waals surface area contributed by atoms with E-state index in [0.29, 0.717) is 6.21 Å². The second kappa shape index (κ2) is 4.52. The number of hydrogen-bond acceptors (Lipinski definition) is 5. The number of nitro groups is 1. The van der Waals surface area contributed by atoms with Crippen LogP contribution >= 0.6 is 11.6 Å². The SMILES string of the molecule is O=C(C=NO)c1ccc([N+](=O)[O-])cc1Cl. The van der Waals surface area contributed by atoms with Crippen LogP contribution in [0.2, 0.25) is 5.02 Å². The Hall–Kier alpha value is -1.95. The Bertz CT molecular complexity index is 444. The third-order valence-corrected chi connectivity index (χ3v) is 1.92. The largest absolute Gasteiger partial charge is 0.411 e. The molecule has 0 bridgehead atoms. The molecule has 0 spiro atoms. The summed E-state index contributed by atoms with van der Waals surface area (Å²) in [5, 5.41) is 21.0. The molecule has 0 heterocycles. The maximum absolute atomic E-state index is 11.2. The predicted octanol–water partition coefficient (Wildman–Crippen LogP) is 1.89. The fourth-order valence-electron chi connectivity index (χ4n) is 0.939. The van der Waals surface area contributed by atoms with Gasteiger partial charge in [-0.3, -0.25) is 14.9 Å². The molecule has 0 aromatic heterocycles. The Kier molecular flexibility index (Phi) is 3.35. The fraction of sp³-hybridized carbons (Fsp3) is 0. The lowest BCUT2D eigenvalue weighted by Gasteiger charge is -1.98. The van der Waals surface area contributed by atoms with Gasteiger partial charge in [-0.2, -0.15) is 0 Å². The Labute approximate surface area is 88.9 Å². The highest BCUT2D eigenvalue weighted by atomic mass is 35.5. The fourth-order valence-corrected chi connectivity index (χ4v) is 1.21. The molecule has 7 heteroatoms. The summed E-state index contributed by atoms with van der Waals surface area (Å²) >= 11 is 5.64. The number of Topliss-reactive ketones (excluding diaryl/α,β-unsaturated/α-hetero) is 1.